The Morgan fingerprint density at radius 2 is 1.80 bits per heavy atom. The van der Waals surface area contributed by atoms with Crippen LogP contribution in [0, 0.1) is 0 Å². The van der Waals surface area contributed by atoms with Gasteiger partial charge in [-0.3, -0.25) is 9.59 Å². The first kappa shape index (κ1) is 9.65. The fourth-order valence-corrected chi connectivity index (χ4v) is 1.57. The van der Waals surface area contributed by atoms with Crippen molar-refractivity contribution in [2.45, 2.75) is 13.3 Å². The number of carbonyl (C=O) groups excluding carboxylic acids is 2. The minimum absolute atomic E-state index is 0.270. The number of rotatable bonds is 2. The predicted molar refractivity (Wildman–Crippen MR) is 57.5 cm³/mol. The van der Waals surface area contributed by atoms with Crippen LogP contribution in [-0.4, -0.2) is 11.8 Å². The molecule has 0 fully saturated rings. The summed E-state index contributed by atoms with van der Waals surface area (Å²) in [6.45, 7) is 2.03. The first-order valence-corrected chi connectivity index (χ1v) is 4.87. The Morgan fingerprint density at radius 3 is 2.40 bits per heavy atom. The number of anilines is 1. The van der Waals surface area contributed by atoms with Gasteiger partial charge in [0, 0.05) is 12.2 Å². The smallest absolute Gasteiger partial charge is 0.258 e. The molecule has 0 saturated carbocycles. The van der Waals surface area contributed by atoms with E-state index in [0.717, 1.165) is 12.0 Å². The summed E-state index contributed by atoms with van der Waals surface area (Å²) in [6, 6.07) is 7.46. The zero-order valence-corrected chi connectivity index (χ0v) is 8.43. The highest BCUT2D eigenvalue weighted by molar-refractivity contribution is 6.28. The lowest BCUT2D eigenvalue weighted by atomic mass is 10.1. The molecule has 0 saturated heterocycles. The largest absolute Gasteiger partial charge is 0.269 e. The maximum Gasteiger partial charge on any atom is 0.258 e. The first-order valence-electron chi connectivity index (χ1n) is 4.87. The molecule has 0 radical (unpaired) electrons. The van der Waals surface area contributed by atoms with Crippen LogP contribution in [0.2, 0.25) is 0 Å². The van der Waals surface area contributed by atoms with Crippen LogP contribution in [-0.2, 0) is 16.0 Å². The van der Waals surface area contributed by atoms with Crippen LogP contribution in [0.5, 0.6) is 0 Å². The van der Waals surface area contributed by atoms with E-state index < -0.39 is 0 Å². The van der Waals surface area contributed by atoms with Gasteiger partial charge in [0.1, 0.15) is 0 Å². The van der Waals surface area contributed by atoms with Crippen LogP contribution >= 0.6 is 0 Å². The first-order chi connectivity index (χ1) is 7.22. The molecule has 0 atom stereocenters. The van der Waals surface area contributed by atoms with E-state index in [2.05, 4.69) is 0 Å². The van der Waals surface area contributed by atoms with Gasteiger partial charge in [-0.25, -0.2) is 4.90 Å². The average Bonchev–Trinajstić information content (AvgIpc) is 2.59. The highest BCUT2D eigenvalue weighted by Crippen LogP contribution is 2.20. The second kappa shape index (κ2) is 3.69. The van der Waals surface area contributed by atoms with Crippen LogP contribution < -0.4 is 4.90 Å². The topological polar surface area (TPSA) is 37.4 Å². The van der Waals surface area contributed by atoms with E-state index in [-0.39, 0.29) is 11.8 Å². The highest BCUT2D eigenvalue weighted by Gasteiger charge is 2.24. The van der Waals surface area contributed by atoms with Crippen molar-refractivity contribution < 1.29 is 9.59 Å². The molecule has 15 heavy (non-hydrogen) atoms. The van der Waals surface area contributed by atoms with Gasteiger partial charge in [0.05, 0.1) is 5.69 Å². The lowest BCUT2D eigenvalue weighted by Crippen LogP contribution is -2.29. The van der Waals surface area contributed by atoms with Crippen molar-refractivity contribution in [3.63, 3.8) is 0 Å². The van der Waals surface area contributed by atoms with Crippen molar-refractivity contribution in [2.24, 2.45) is 0 Å². The predicted octanol–water partition coefficient (Wildman–Crippen LogP) is 1.68. The van der Waals surface area contributed by atoms with Gasteiger partial charge in [-0.05, 0) is 24.1 Å². The van der Waals surface area contributed by atoms with Crippen molar-refractivity contribution in [1.82, 2.24) is 0 Å². The summed E-state index contributed by atoms with van der Waals surface area (Å²) >= 11 is 0. The zero-order valence-electron chi connectivity index (χ0n) is 8.43. The third kappa shape index (κ3) is 1.68. The van der Waals surface area contributed by atoms with Gasteiger partial charge < -0.3 is 0 Å². The third-order valence-corrected chi connectivity index (χ3v) is 2.39. The molecule has 2 rings (SSSR count). The Morgan fingerprint density at radius 1 is 1.13 bits per heavy atom. The highest BCUT2D eigenvalue weighted by atomic mass is 16.2. The number of amides is 2. The maximum atomic E-state index is 11.4. The normalized spacial score (nSPS) is 15.1. The van der Waals surface area contributed by atoms with E-state index >= 15 is 0 Å². The van der Waals surface area contributed by atoms with Crippen molar-refractivity contribution in [3.05, 3.63) is 42.0 Å². The van der Waals surface area contributed by atoms with Gasteiger partial charge in [-0.2, -0.15) is 0 Å². The molecule has 3 heteroatoms. The van der Waals surface area contributed by atoms with Crippen molar-refractivity contribution >= 4 is 17.5 Å². The van der Waals surface area contributed by atoms with Gasteiger partial charge in [0.15, 0.2) is 0 Å². The molecule has 0 bridgehead atoms. The molecule has 0 aliphatic carbocycles. The molecule has 1 heterocycles. The van der Waals surface area contributed by atoms with Crippen LogP contribution in [0.25, 0.3) is 0 Å². The fraction of sp³-hybridized carbons (Fsp3) is 0.167. The lowest BCUT2D eigenvalue weighted by molar-refractivity contribution is -0.119. The molecular formula is C12H11NO2. The van der Waals surface area contributed by atoms with Crippen LogP contribution in [0.3, 0.4) is 0 Å². The zero-order chi connectivity index (χ0) is 10.8. The summed E-state index contributed by atoms with van der Waals surface area (Å²) in [5, 5.41) is 0. The number of carbonyl (C=O) groups is 2. The summed E-state index contributed by atoms with van der Waals surface area (Å²) in [5.41, 5.74) is 1.76. The SMILES string of the molecule is CCc1cccc(N2C(=O)C=CC2=O)c1. The van der Waals surface area contributed by atoms with Gasteiger partial charge in [0.2, 0.25) is 0 Å². The second-order valence-electron chi connectivity index (χ2n) is 3.37. The number of nitrogens with zero attached hydrogens (tertiary/aromatic N) is 1. The molecule has 0 aromatic heterocycles. The van der Waals surface area contributed by atoms with E-state index in [0.29, 0.717) is 5.69 Å². The molecule has 3 nitrogen and oxygen atoms in total. The molecule has 1 aliphatic rings. The van der Waals surface area contributed by atoms with Crippen LogP contribution in [0.1, 0.15) is 12.5 Å². The van der Waals surface area contributed by atoms with Gasteiger partial charge >= 0.3 is 0 Å². The second-order valence-corrected chi connectivity index (χ2v) is 3.37. The minimum Gasteiger partial charge on any atom is -0.269 e. The van der Waals surface area contributed by atoms with Gasteiger partial charge in [-0.1, -0.05) is 19.1 Å². The van der Waals surface area contributed by atoms with Gasteiger partial charge in [0.25, 0.3) is 11.8 Å². The van der Waals surface area contributed by atoms with E-state index in [9.17, 15) is 9.59 Å². The number of aryl methyl sites for hydroxylation is 1. The summed E-state index contributed by atoms with van der Waals surface area (Å²) in [5.74, 6) is -0.540. The summed E-state index contributed by atoms with van der Waals surface area (Å²) in [4.78, 5) is 24.0. The molecule has 2 amide bonds. The van der Waals surface area contributed by atoms with Crippen molar-refractivity contribution in [2.75, 3.05) is 4.90 Å². The lowest BCUT2D eigenvalue weighted by Gasteiger charge is -2.14. The molecule has 1 aromatic carbocycles. The van der Waals surface area contributed by atoms with E-state index in [1.54, 1.807) is 6.07 Å². The van der Waals surface area contributed by atoms with Crippen LogP contribution in [0.15, 0.2) is 36.4 Å². The fourth-order valence-electron chi connectivity index (χ4n) is 1.57. The number of imide groups is 1. The molecule has 1 aliphatic heterocycles. The number of hydrogen-bond acceptors (Lipinski definition) is 2. The number of hydrogen-bond donors (Lipinski definition) is 0. The Hall–Kier alpha value is -1.90. The molecule has 0 N–H and O–H groups in total. The quantitative estimate of drug-likeness (QED) is 0.683. The Balaban J connectivity index is 2.37. The Labute approximate surface area is 88.0 Å². The molecule has 0 unspecified atom stereocenters. The van der Waals surface area contributed by atoms with E-state index in [1.807, 2.05) is 25.1 Å². The Kier molecular flexibility index (Phi) is 2.37. The third-order valence-electron chi connectivity index (χ3n) is 2.39. The summed E-state index contributed by atoms with van der Waals surface area (Å²) in [7, 11) is 0. The maximum absolute atomic E-state index is 11.4. The van der Waals surface area contributed by atoms with Crippen LogP contribution in [0.4, 0.5) is 5.69 Å². The monoisotopic (exact) mass is 201 g/mol. The van der Waals surface area contributed by atoms with Crippen molar-refractivity contribution in [3.8, 4) is 0 Å². The summed E-state index contributed by atoms with van der Waals surface area (Å²) < 4.78 is 0. The standard InChI is InChI=1S/C12H11NO2/c1-2-9-4-3-5-10(8-9)13-11(14)6-7-12(13)15/h3-8H,2H2,1H3. The molecule has 0 spiro atoms. The van der Waals surface area contributed by atoms with Crippen molar-refractivity contribution in [1.29, 1.82) is 0 Å². The number of benzene rings is 1. The van der Waals surface area contributed by atoms with E-state index in [4.69, 9.17) is 0 Å². The molecule has 76 valence electrons. The summed E-state index contributed by atoms with van der Waals surface area (Å²) in [6.07, 6.45) is 3.47. The molecule has 1 aromatic rings. The van der Waals surface area contributed by atoms with E-state index in [1.165, 1.54) is 17.1 Å². The van der Waals surface area contributed by atoms with Gasteiger partial charge in [-0.15, -0.1) is 0 Å². The minimum atomic E-state index is -0.270. The molecular weight excluding hydrogens is 190 g/mol. The average molecular weight is 201 g/mol. The Bertz CT molecular complexity index is 431.